The van der Waals surface area contributed by atoms with E-state index in [1.807, 2.05) is 0 Å². The summed E-state index contributed by atoms with van der Waals surface area (Å²) in [6.07, 6.45) is 9.19. The Morgan fingerprint density at radius 1 is 0.950 bits per heavy atom. The highest BCUT2D eigenvalue weighted by Gasteiger charge is 2.18. The van der Waals surface area contributed by atoms with Crippen molar-refractivity contribution in [3.05, 3.63) is 35.9 Å². The summed E-state index contributed by atoms with van der Waals surface area (Å²) in [5.41, 5.74) is 1.48. The number of unbranched alkanes of at least 4 members (excludes halogenated alkanes) is 3. The van der Waals surface area contributed by atoms with Crippen LogP contribution in [0.4, 0.5) is 0 Å². The maximum Gasteiger partial charge on any atom is 0.0151 e. The van der Waals surface area contributed by atoms with Crippen LogP contribution in [0.25, 0.3) is 0 Å². The molecule has 0 fully saturated rings. The van der Waals surface area contributed by atoms with Gasteiger partial charge in [-0.3, -0.25) is 0 Å². The van der Waals surface area contributed by atoms with Crippen molar-refractivity contribution >= 4 is 31.9 Å². The van der Waals surface area contributed by atoms with Crippen LogP contribution in [-0.2, 0) is 0 Å². The van der Waals surface area contributed by atoms with Crippen LogP contribution in [0.3, 0.4) is 0 Å². The Labute approximate surface area is 142 Å². The van der Waals surface area contributed by atoms with Crippen LogP contribution in [0.5, 0.6) is 0 Å². The Bertz CT molecular complexity index is 335. The van der Waals surface area contributed by atoms with E-state index in [-0.39, 0.29) is 0 Å². The van der Waals surface area contributed by atoms with E-state index >= 15 is 0 Å². The molecule has 3 atom stereocenters. The molecule has 1 aromatic carbocycles. The van der Waals surface area contributed by atoms with Gasteiger partial charge in [0.15, 0.2) is 0 Å². The molecule has 114 valence electrons. The van der Waals surface area contributed by atoms with Gasteiger partial charge in [0.05, 0.1) is 0 Å². The molecule has 0 bridgehead atoms. The summed E-state index contributed by atoms with van der Waals surface area (Å²) in [4.78, 5) is 1.23. The molecule has 0 N–H and O–H groups in total. The molecule has 0 amide bonds. The summed E-state index contributed by atoms with van der Waals surface area (Å²) in [7, 11) is 0. The maximum absolute atomic E-state index is 3.90. The molecule has 0 aromatic heterocycles. The van der Waals surface area contributed by atoms with Gasteiger partial charge in [0.25, 0.3) is 0 Å². The van der Waals surface area contributed by atoms with E-state index in [0.717, 1.165) is 0 Å². The second-order valence-corrected chi connectivity index (χ2v) is 8.66. The second-order valence-electron chi connectivity index (χ2n) is 5.81. The molecule has 0 aliphatic heterocycles. The highest BCUT2D eigenvalue weighted by Crippen LogP contribution is 2.32. The fourth-order valence-corrected chi connectivity index (χ4v) is 3.93. The fraction of sp³-hybridized carbons (Fsp3) is 0.667. The third-order valence-electron chi connectivity index (χ3n) is 3.79. The summed E-state index contributed by atoms with van der Waals surface area (Å²) >= 11 is 7.62. The molecule has 20 heavy (non-hydrogen) atoms. The third-order valence-corrected chi connectivity index (χ3v) is 5.00. The van der Waals surface area contributed by atoms with Crippen molar-refractivity contribution < 1.29 is 0 Å². The molecule has 0 spiro atoms. The smallest absolute Gasteiger partial charge is 0.0151 e. The molecule has 0 nitrogen and oxygen atoms in total. The summed E-state index contributed by atoms with van der Waals surface area (Å²) < 4.78 is 0. The molecular formula is C18H28Br2. The van der Waals surface area contributed by atoms with Gasteiger partial charge in [-0.2, -0.15) is 0 Å². The van der Waals surface area contributed by atoms with Gasteiger partial charge in [-0.25, -0.2) is 0 Å². The second kappa shape index (κ2) is 10.8. The van der Waals surface area contributed by atoms with Crippen LogP contribution in [0.1, 0.15) is 70.3 Å². The summed E-state index contributed by atoms with van der Waals surface area (Å²) in [5, 5.41) is 0. The Morgan fingerprint density at radius 3 is 2.25 bits per heavy atom. The first-order valence-corrected chi connectivity index (χ1v) is 9.79. The molecule has 1 rings (SSSR count). The van der Waals surface area contributed by atoms with Crippen molar-refractivity contribution in [2.24, 2.45) is 0 Å². The van der Waals surface area contributed by atoms with Gasteiger partial charge in [-0.1, -0.05) is 102 Å². The monoisotopic (exact) mass is 402 g/mol. The SMILES string of the molecule is CCCCCCC(Br)CC(CC(C)Br)c1ccccc1. The topological polar surface area (TPSA) is 0 Å². The van der Waals surface area contributed by atoms with E-state index in [9.17, 15) is 0 Å². The minimum Gasteiger partial charge on any atom is -0.0893 e. The van der Waals surface area contributed by atoms with Gasteiger partial charge in [0.2, 0.25) is 0 Å². The molecule has 3 unspecified atom stereocenters. The lowest BCUT2D eigenvalue weighted by Gasteiger charge is -2.22. The Hall–Kier alpha value is 0.180. The summed E-state index contributed by atoms with van der Waals surface area (Å²) in [6.45, 7) is 4.52. The minimum atomic E-state index is 0.576. The molecular weight excluding hydrogens is 376 g/mol. The summed E-state index contributed by atoms with van der Waals surface area (Å²) in [6, 6.07) is 11.0. The zero-order valence-corrected chi connectivity index (χ0v) is 16.0. The first-order chi connectivity index (χ1) is 9.63. The number of hydrogen-bond acceptors (Lipinski definition) is 0. The fourth-order valence-electron chi connectivity index (χ4n) is 2.70. The lowest BCUT2D eigenvalue weighted by Crippen LogP contribution is -2.10. The van der Waals surface area contributed by atoms with Gasteiger partial charge in [0, 0.05) is 9.65 Å². The van der Waals surface area contributed by atoms with Crippen LogP contribution in [0.2, 0.25) is 0 Å². The van der Waals surface area contributed by atoms with E-state index in [2.05, 4.69) is 76.0 Å². The van der Waals surface area contributed by atoms with Gasteiger partial charge >= 0.3 is 0 Å². The minimum absolute atomic E-state index is 0.576. The van der Waals surface area contributed by atoms with E-state index < -0.39 is 0 Å². The van der Waals surface area contributed by atoms with E-state index in [1.165, 1.54) is 50.5 Å². The van der Waals surface area contributed by atoms with Crippen molar-refractivity contribution in [2.45, 2.75) is 74.4 Å². The predicted octanol–water partition coefficient (Wildman–Crippen LogP) is 7.07. The molecule has 0 saturated heterocycles. The number of benzene rings is 1. The zero-order chi connectivity index (χ0) is 14.8. The first kappa shape index (κ1) is 18.2. The van der Waals surface area contributed by atoms with Gasteiger partial charge < -0.3 is 0 Å². The highest BCUT2D eigenvalue weighted by atomic mass is 79.9. The van der Waals surface area contributed by atoms with Crippen LogP contribution >= 0.6 is 31.9 Å². The predicted molar refractivity (Wildman–Crippen MR) is 98.3 cm³/mol. The molecule has 0 heterocycles. The normalized spacial score (nSPS) is 15.8. The lowest BCUT2D eigenvalue weighted by atomic mass is 9.89. The van der Waals surface area contributed by atoms with Gasteiger partial charge in [-0.05, 0) is 30.7 Å². The molecule has 0 saturated carbocycles. The average Bonchev–Trinajstić information content (AvgIpc) is 2.43. The Kier molecular flexibility index (Phi) is 9.88. The number of rotatable bonds is 10. The lowest BCUT2D eigenvalue weighted by molar-refractivity contribution is 0.532. The van der Waals surface area contributed by atoms with Crippen LogP contribution in [0, 0.1) is 0 Å². The maximum atomic E-state index is 3.90. The van der Waals surface area contributed by atoms with Crippen molar-refractivity contribution in [2.75, 3.05) is 0 Å². The number of hydrogen-bond donors (Lipinski definition) is 0. The largest absolute Gasteiger partial charge is 0.0893 e. The van der Waals surface area contributed by atoms with Gasteiger partial charge in [0.1, 0.15) is 0 Å². The van der Waals surface area contributed by atoms with E-state index in [0.29, 0.717) is 15.6 Å². The molecule has 1 aromatic rings. The van der Waals surface area contributed by atoms with Crippen molar-refractivity contribution in [3.63, 3.8) is 0 Å². The van der Waals surface area contributed by atoms with Crippen molar-refractivity contribution in [1.29, 1.82) is 0 Å². The van der Waals surface area contributed by atoms with Crippen LogP contribution < -0.4 is 0 Å². The van der Waals surface area contributed by atoms with E-state index in [4.69, 9.17) is 0 Å². The molecule has 0 aliphatic carbocycles. The Morgan fingerprint density at radius 2 is 1.65 bits per heavy atom. The van der Waals surface area contributed by atoms with Crippen LogP contribution in [0.15, 0.2) is 30.3 Å². The average molecular weight is 404 g/mol. The highest BCUT2D eigenvalue weighted by molar-refractivity contribution is 9.09. The Balaban J connectivity index is 2.48. The summed E-state index contributed by atoms with van der Waals surface area (Å²) in [5.74, 6) is 0.654. The third kappa shape index (κ3) is 7.83. The van der Waals surface area contributed by atoms with Crippen molar-refractivity contribution in [1.82, 2.24) is 0 Å². The first-order valence-electron chi connectivity index (χ1n) is 7.96. The van der Waals surface area contributed by atoms with E-state index in [1.54, 1.807) is 0 Å². The zero-order valence-electron chi connectivity index (χ0n) is 12.8. The molecule has 0 aliphatic rings. The molecule has 2 heteroatoms. The number of halogens is 2. The number of alkyl halides is 2. The van der Waals surface area contributed by atoms with Crippen LogP contribution in [-0.4, -0.2) is 9.65 Å². The standard InChI is InChI=1S/C18H28Br2/c1-3-4-5-9-12-18(20)14-17(13-15(2)19)16-10-7-6-8-11-16/h6-8,10-11,15,17-18H,3-5,9,12-14H2,1-2H3. The molecule has 0 radical (unpaired) electrons. The quantitative estimate of drug-likeness (QED) is 0.289. The van der Waals surface area contributed by atoms with Crippen molar-refractivity contribution in [3.8, 4) is 0 Å². The van der Waals surface area contributed by atoms with Gasteiger partial charge in [-0.15, -0.1) is 0 Å².